The first-order valence-corrected chi connectivity index (χ1v) is 11.5. The molecule has 2 heterocycles. The third-order valence-electron chi connectivity index (χ3n) is 5.70. The zero-order valence-corrected chi connectivity index (χ0v) is 17.8. The maximum atomic E-state index is 13.1. The highest BCUT2D eigenvalue weighted by Crippen LogP contribution is 2.27. The van der Waals surface area contributed by atoms with E-state index in [1.807, 2.05) is 48.5 Å². The van der Waals surface area contributed by atoms with Crippen molar-refractivity contribution in [2.45, 2.75) is 31.2 Å². The fourth-order valence-electron chi connectivity index (χ4n) is 4.15. The van der Waals surface area contributed by atoms with Crippen LogP contribution in [0.4, 0.5) is 5.82 Å². The molecular formula is C24H24N4OS. The number of nitrogens with one attached hydrogen (secondary N) is 1. The van der Waals surface area contributed by atoms with Crippen LogP contribution in [0, 0.1) is 6.92 Å². The molecule has 1 atom stereocenters. The van der Waals surface area contributed by atoms with Gasteiger partial charge in [0.15, 0.2) is 0 Å². The Morgan fingerprint density at radius 1 is 0.900 bits per heavy atom. The standard InChI is InChI=1S/C24H24N4OS/c1-17-12-13-22(19-9-3-2-8-18(17)19)30(29)25-16-23-26-21-11-5-4-10-20(21)24(27-23)28-14-6-7-15-28/h2-5,8-13,25H,6-7,14-16H2,1H3. The predicted molar refractivity (Wildman–Crippen MR) is 123 cm³/mol. The Morgan fingerprint density at radius 3 is 2.40 bits per heavy atom. The van der Waals surface area contributed by atoms with Crippen molar-refractivity contribution >= 4 is 38.5 Å². The van der Waals surface area contributed by atoms with Crippen LogP contribution in [0.15, 0.2) is 65.6 Å². The summed E-state index contributed by atoms with van der Waals surface area (Å²) in [6.45, 7) is 4.47. The van der Waals surface area contributed by atoms with E-state index in [2.05, 4.69) is 28.7 Å². The van der Waals surface area contributed by atoms with Crippen LogP contribution in [-0.2, 0) is 17.5 Å². The second kappa shape index (κ2) is 8.13. The van der Waals surface area contributed by atoms with E-state index < -0.39 is 11.0 Å². The monoisotopic (exact) mass is 416 g/mol. The summed E-state index contributed by atoms with van der Waals surface area (Å²) < 4.78 is 16.2. The average molecular weight is 417 g/mol. The average Bonchev–Trinajstić information content (AvgIpc) is 3.32. The number of aryl methyl sites for hydroxylation is 1. The van der Waals surface area contributed by atoms with Crippen LogP contribution < -0.4 is 9.62 Å². The molecule has 0 aliphatic carbocycles. The molecule has 1 aromatic heterocycles. The van der Waals surface area contributed by atoms with Gasteiger partial charge in [-0.25, -0.2) is 18.9 Å². The van der Waals surface area contributed by atoms with Crippen LogP contribution in [0.1, 0.15) is 24.2 Å². The summed E-state index contributed by atoms with van der Waals surface area (Å²) in [6, 6.07) is 20.2. The van der Waals surface area contributed by atoms with Crippen molar-refractivity contribution in [3.63, 3.8) is 0 Å². The lowest BCUT2D eigenvalue weighted by Crippen LogP contribution is -2.23. The Labute approximate surface area is 178 Å². The molecule has 3 aromatic carbocycles. The van der Waals surface area contributed by atoms with Gasteiger partial charge in [0.2, 0.25) is 0 Å². The first-order chi connectivity index (χ1) is 14.7. The molecule has 1 aliphatic heterocycles. The number of benzene rings is 3. The van der Waals surface area contributed by atoms with Crippen molar-refractivity contribution in [1.29, 1.82) is 0 Å². The Hall–Kier alpha value is -2.83. The minimum absolute atomic E-state index is 0.348. The first kappa shape index (κ1) is 19.2. The highest BCUT2D eigenvalue weighted by atomic mass is 32.2. The van der Waals surface area contributed by atoms with Crippen molar-refractivity contribution in [3.8, 4) is 0 Å². The van der Waals surface area contributed by atoms with Gasteiger partial charge in [0, 0.05) is 18.5 Å². The van der Waals surface area contributed by atoms with Gasteiger partial charge in [0.05, 0.1) is 17.0 Å². The SMILES string of the molecule is Cc1ccc(S(=O)NCc2nc(N3CCCC3)c3ccccc3n2)c2ccccc12. The quantitative estimate of drug-likeness (QED) is 0.520. The largest absolute Gasteiger partial charge is 0.356 e. The molecule has 1 N–H and O–H groups in total. The number of para-hydroxylation sites is 1. The van der Waals surface area contributed by atoms with E-state index in [4.69, 9.17) is 9.97 Å². The van der Waals surface area contributed by atoms with Crippen molar-refractivity contribution in [1.82, 2.24) is 14.7 Å². The van der Waals surface area contributed by atoms with E-state index in [0.29, 0.717) is 12.4 Å². The lowest BCUT2D eigenvalue weighted by Gasteiger charge is -2.19. The van der Waals surface area contributed by atoms with E-state index in [-0.39, 0.29) is 0 Å². The Kier molecular flexibility index (Phi) is 5.19. The minimum atomic E-state index is -1.35. The predicted octanol–water partition coefficient (Wildman–Crippen LogP) is 4.50. The molecule has 152 valence electrons. The number of fused-ring (bicyclic) bond motifs is 2. The van der Waals surface area contributed by atoms with E-state index in [9.17, 15) is 4.21 Å². The maximum Gasteiger partial charge on any atom is 0.146 e. The van der Waals surface area contributed by atoms with Gasteiger partial charge >= 0.3 is 0 Å². The molecule has 1 aliphatic rings. The molecule has 6 heteroatoms. The lowest BCUT2D eigenvalue weighted by atomic mass is 10.1. The molecule has 1 unspecified atom stereocenters. The Balaban J connectivity index is 1.44. The zero-order valence-electron chi connectivity index (χ0n) is 17.0. The van der Waals surface area contributed by atoms with E-state index in [1.165, 1.54) is 18.4 Å². The summed E-state index contributed by atoms with van der Waals surface area (Å²) in [6.07, 6.45) is 2.38. The van der Waals surface area contributed by atoms with Crippen molar-refractivity contribution in [2.24, 2.45) is 0 Å². The first-order valence-electron chi connectivity index (χ1n) is 10.3. The number of rotatable bonds is 5. The Morgan fingerprint density at radius 2 is 1.60 bits per heavy atom. The molecule has 0 amide bonds. The summed E-state index contributed by atoms with van der Waals surface area (Å²) in [5, 5.41) is 3.22. The topological polar surface area (TPSA) is 58.1 Å². The number of hydrogen-bond acceptors (Lipinski definition) is 4. The smallest absolute Gasteiger partial charge is 0.146 e. The van der Waals surface area contributed by atoms with Gasteiger partial charge in [-0.3, -0.25) is 0 Å². The van der Waals surface area contributed by atoms with E-state index in [0.717, 1.165) is 45.5 Å². The van der Waals surface area contributed by atoms with E-state index >= 15 is 0 Å². The van der Waals surface area contributed by atoms with Crippen LogP contribution in [0.3, 0.4) is 0 Å². The molecule has 0 bridgehead atoms. The van der Waals surface area contributed by atoms with Crippen molar-refractivity contribution in [2.75, 3.05) is 18.0 Å². The fourth-order valence-corrected chi connectivity index (χ4v) is 5.13. The van der Waals surface area contributed by atoms with Gasteiger partial charge < -0.3 is 4.90 Å². The second-order valence-electron chi connectivity index (χ2n) is 7.69. The van der Waals surface area contributed by atoms with Crippen LogP contribution in [-0.4, -0.2) is 27.3 Å². The summed E-state index contributed by atoms with van der Waals surface area (Å²) in [5.41, 5.74) is 2.11. The second-order valence-corrected chi connectivity index (χ2v) is 8.96. The van der Waals surface area contributed by atoms with Gasteiger partial charge in [-0.1, -0.05) is 42.5 Å². The third-order valence-corrected chi connectivity index (χ3v) is 6.86. The molecule has 30 heavy (non-hydrogen) atoms. The molecule has 1 saturated heterocycles. The minimum Gasteiger partial charge on any atom is -0.356 e. The highest BCUT2D eigenvalue weighted by Gasteiger charge is 2.18. The van der Waals surface area contributed by atoms with Crippen LogP contribution >= 0.6 is 0 Å². The number of aromatic nitrogens is 2. The van der Waals surface area contributed by atoms with Gasteiger partial charge in [-0.2, -0.15) is 0 Å². The van der Waals surface area contributed by atoms with Crippen LogP contribution in [0.2, 0.25) is 0 Å². The van der Waals surface area contributed by atoms with Gasteiger partial charge in [-0.05, 0) is 54.3 Å². The summed E-state index contributed by atoms with van der Waals surface area (Å²) in [7, 11) is -1.35. The molecule has 0 saturated carbocycles. The molecule has 5 rings (SSSR count). The molecular weight excluding hydrogens is 392 g/mol. The number of hydrogen-bond donors (Lipinski definition) is 1. The summed E-state index contributed by atoms with van der Waals surface area (Å²) in [4.78, 5) is 12.7. The highest BCUT2D eigenvalue weighted by molar-refractivity contribution is 7.83. The van der Waals surface area contributed by atoms with Gasteiger partial charge in [-0.15, -0.1) is 0 Å². The third kappa shape index (κ3) is 3.57. The van der Waals surface area contributed by atoms with Crippen molar-refractivity contribution < 1.29 is 4.21 Å². The lowest BCUT2D eigenvalue weighted by molar-refractivity contribution is 0.669. The molecule has 5 nitrogen and oxygen atoms in total. The van der Waals surface area contributed by atoms with Gasteiger partial charge in [0.25, 0.3) is 0 Å². The van der Waals surface area contributed by atoms with Crippen LogP contribution in [0.25, 0.3) is 21.7 Å². The fraction of sp³-hybridized carbons (Fsp3) is 0.250. The van der Waals surface area contributed by atoms with Gasteiger partial charge in [0.1, 0.15) is 22.6 Å². The van der Waals surface area contributed by atoms with Crippen LogP contribution in [0.5, 0.6) is 0 Å². The normalized spacial score (nSPS) is 15.2. The molecule has 4 aromatic rings. The summed E-state index contributed by atoms with van der Waals surface area (Å²) in [5.74, 6) is 1.65. The van der Waals surface area contributed by atoms with E-state index in [1.54, 1.807) is 0 Å². The molecule has 1 fully saturated rings. The zero-order chi connectivity index (χ0) is 20.5. The summed E-state index contributed by atoms with van der Waals surface area (Å²) >= 11 is 0. The molecule has 0 radical (unpaired) electrons. The molecule has 0 spiro atoms. The Bertz CT molecular complexity index is 1250. The van der Waals surface area contributed by atoms with Crippen molar-refractivity contribution in [3.05, 3.63) is 72.1 Å². The number of anilines is 1. The number of nitrogens with zero attached hydrogens (tertiary/aromatic N) is 3. The maximum absolute atomic E-state index is 13.1.